The van der Waals surface area contributed by atoms with Crippen LogP contribution in [0.5, 0.6) is 0 Å². The SMILES string of the molecule is CCOC(C)C(C=NNC(=S)NC)=NNC(=S)NC. The van der Waals surface area contributed by atoms with Gasteiger partial charge in [0.25, 0.3) is 0 Å². The van der Waals surface area contributed by atoms with E-state index in [0.717, 1.165) is 0 Å². The van der Waals surface area contributed by atoms with Crippen LogP contribution in [-0.2, 0) is 4.74 Å². The molecule has 0 aliphatic heterocycles. The van der Waals surface area contributed by atoms with Gasteiger partial charge in [0.15, 0.2) is 10.2 Å². The quantitative estimate of drug-likeness (QED) is 0.311. The Morgan fingerprint density at radius 3 is 2.32 bits per heavy atom. The van der Waals surface area contributed by atoms with Gasteiger partial charge in [-0.15, -0.1) is 0 Å². The van der Waals surface area contributed by atoms with Gasteiger partial charge in [-0.1, -0.05) is 0 Å². The molecule has 0 spiro atoms. The van der Waals surface area contributed by atoms with Crippen LogP contribution in [0.4, 0.5) is 0 Å². The highest BCUT2D eigenvalue weighted by Gasteiger charge is 2.08. The van der Waals surface area contributed by atoms with Crippen molar-refractivity contribution in [2.75, 3.05) is 20.7 Å². The third-order valence-electron chi connectivity index (χ3n) is 1.94. The molecule has 0 saturated heterocycles. The van der Waals surface area contributed by atoms with Crippen molar-refractivity contribution in [1.29, 1.82) is 0 Å². The predicted molar refractivity (Wildman–Crippen MR) is 86.6 cm³/mol. The maximum absolute atomic E-state index is 5.45. The summed E-state index contributed by atoms with van der Waals surface area (Å²) in [6.45, 7) is 4.35. The van der Waals surface area contributed by atoms with Crippen molar-refractivity contribution in [3.8, 4) is 0 Å². The Morgan fingerprint density at radius 1 is 1.21 bits per heavy atom. The summed E-state index contributed by atoms with van der Waals surface area (Å²) in [5.74, 6) is 0. The van der Waals surface area contributed by atoms with Crippen molar-refractivity contribution in [3.05, 3.63) is 0 Å². The Kier molecular flexibility index (Phi) is 9.85. The molecule has 7 nitrogen and oxygen atoms in total. The summed E-state index contributed by atoms with van der Waals surface area (Å²) in [5.41, 5.74) is 5.91. The molecule has 1 atom stereocenters. The fraction of sp³-hybridized carbons (Fsp3) is 0.600. The van der Waals surface area contributed by atoms with Gasteiger partial charge >= 0.3 is 0 Å². The minimum atomic E-state index is -0.217. The molecule has 0 aromatic heterocycles. The molecule has 108 valence electrons. The Hall–Kier alpha value is -1.32. The summed E-state index contributed by atoms with van der Waals surface area (Å²) in [6, 6.07) is 0. The molecule has 0 bridgehead atoms. The van der Waals surface area contributed by atoms with E-state index in [-0.39, 0.29) is 6.10 Å². The molecule has 0 radical (unpaired) electrons. The fourth-order valence-corrected chi connectivity index (χ4v) is 1.04. The topological polar surface area (TPSA) is 82.1 Å². The molecule has 9 heteroatoms. The monoisotopic (exact) mass is 304 g/mol. The average molecular weight is 304 g/mol. The van der Waals surface area contributed by atoms with Gasteiger partial charge < -0.3 is 15.4 Å². The van der Waals surface area contributed by atoms with Crippen molar-refractivity contribution in [2.45, 2.75) is 20.0 Å². The highest BCUT2D eigenvalue weighted by molar-refractivity contribution is 7.80. The van der Waals surface area contributed by atoms with Gasteiger partial charge in [0.2, 0.25) is 0 Å². The molecule has 0 amide bonds. The number of thiocarbonyl (C=S) groups is 2. The molecule has 0 aliphatic rings. The number of hydrazone groups is 2. The summed E-state index contributed by atoms with van der Waals surface area (Å²) in [6.07, 6.45) is 1.31. The predicted octanol–water partition coefficient (Wildman–Crippen LogP) is -0.0590. The Morgan fingerprint density at radius 2 is 1.79 bits per heavy atom. The van der Waals surface area contributed by atoms with Crippen LogP contribution in [0.3, 0.4) is 0 Å². The molecule has 0 aromatic carbocycles. The Balaban J connectivity index is 4.66. The summed E-state index contributed by atoms with van der Waals surface area (Å²) in [5, 5.41) is 14.4. The number of nitrogens with zero attached hydrogens (tertiary/aromatic N) is 2. The maximum atomic E-state index is 5.45. The molecule has 0 rings (SSSR count). The van der Waals surface area contributed by atoms with Crippen LogP contribution in [0.15, 0.2) is 10.2 Å². The van der Waals surface area contributed by atoms with E-state index in [4.69, 9.17) is 29.2 Å². The van der Waals surface area contributed by atoms with E-state index in [1.165, 1.54) is 6.21 Å². The minimum absolute atomic E-state index is 0.217. The highest BCUT2D eigenvalue weighted by atomic mass is 32.1. The molecular weight excluding hydrogens is 284 g/mol. The summed E-state index contributed by atoms with van der Waals surface area (Å²) in [4.78, 5) is 0. The lowest BCUT2D eigenvalue weighted by atomic mass is 10.2. The molecule has 4 N–H and O–H groups in total. The van der Waals surface area contributed by atoms with Crippen LogP contribution in [-0.4, -0.2) is 49.0 Å². The van der Waals surface area contributed by atoms with E-state index in [0.29, 0.717) is 22.5 Å². The van der Waals surface area contributed by atoms with Crippen LogP contribution >= 0.6 is 24.4 Å². The zero-order chi connectivity index (χ0) is 14.7. The van der Waals surface area contributed by atoms with E-state index in [2.05, 4.69) is 31.7 Å². The third kappa shape index (κ3) is 8.41. The Bertz CT molecular complexity index is 358. The van der Waals surface area contributed by atoms with Gasteiger partial charge in [-0.25, -0.2) is 0 Å². The summed E-state index contributed by atoms with van der Waals surface area (Å²) >= 11 is 9.83. The van der Waals surface area contributed by atoms with Crippen molar-refractivity contribution >= 4 is 46.6 Å². The van der Waals surface area contributed by atoms with Crippen molar-refractivity contribution in [3.63, 3.8) is 0 Å². The first kappa shape index (κ1) is 17.7. The molecule has 0 fully saturated rings. The van der Waals surface area contributed by atoms with Crippen LogP contribution < -0.4 is 21.5 Å². The van der Waals surface area contributed by atoms with Gasteiger partial charge in [-0.05, 0) is 38.3 Å². The normalized spacial score (nSPS) is 12.9. The molecule has 0 saturated carbocycles. The van der Waals surface area contributed by atoms with E-state index < -0.39 is 0 Å². The number of nitrogens with one attached hydrogen (secondary N) is 4. The lowest BCUT2D eigenvalue weighted by Crippen LogP contribution is -2.33. The molecule has 1 unspecified atom stereocenters. The first-order chi connectivity index (χ1) is 9.04. The van der Waals surface area contributed by atoms with Crippen molar-refractivity contribution < 1.29 is 4.74 Å². The van der Waals surface area contributed by atoms with E-state index >= 15 is 0 Å². The zero-order valence-electron chi connectivity index (χ0n) is 11.5. The molecule has 0 aliphatic carbocycles. The number of hydrogen-bond donors (Lipinski definition) is 4. The van der Waals surface area contributed by atoms with Gasteiger partial charge in [0.1, 0.15) is 11.8 Å². The van der Waals surface area contributed by atoms with Gasteiger partial charge in [-0.3, -0.25) is 10.9 Å². The smallest absolute Gasteiger partial charge is 0.186 e. The van der Waals surface area contributed by atoms with E-state index in [9.17, 15) is 0 Å². The second kappa shape index (κ2) is 10.6. The van der Waals surface area contributed by atoms with Gasteiger partial charge in [-0.2, -0.15) is 10.2 Å². The lowest BCUT2D eigenvalue weighted by molar-refractivity contribution is 0.123. The number of rotatable bonds is 6. The molecule has 0 aromatic rings. The number of ether oxygens (including phenoxy) is 1. The largest absolute Gasteiger partial charge is 0.372 e. The first-order valence-corrected chi connectivity index (χ1v) is 6.54. The van der Waals surface area contributed by atoms with E-state index in [1.807, 2.05) is 13.8 Å². The summed E-state index contributed by atoms with van der Waals surface area (Å²) < 4.78 is 5.45. The molecule has 0 heterocycles. The number of hydrogen-bond acceptors (Lipinski definition) is 5. The Labute approximate surface area is 124 Å². The second-order valence-electron chi connectivity index (χ2n) is 3.27. The summed E-state index contributed by atoms with van der Waals surface area (Å²) in [7, 11) is 3.41. The third-order valence-corrected chi connectivity index (χ3v) is 2.53. The highest BCUT2D eigenvalue weighted by Crippen LogP contribution is 1.93. The standard InChI is InChI=1S/C10H20N6OS2/c1-5-17-7(2)8(14-16-10(19)12-4)6-13-15-9(18)11-3/h6-7H,5H2,1-4H3,(H2,11,15,18)(H2,12,16,19). The van der Waals surface area contributed by atoms with Gasteiger partial charge in [0.05, 0.1) is 6.21 Å². The van der Waals surface area contributed by atoms with Crippen molar-refractivity contribution in [1.82, 2.24) is 21.5 Å². The first-order valence-electron chi connectivity index (χ1n) is 5.72. The van der Waals surface area contributed by atoms with Gasteiger partial charge in [0, 0.05) is 20.7 Å². The zero-order valence-corrected chi connectivity index (χ0v) is 13.1. The fourth-order valence-electron chi connectivity index (χ4n) is 0.944. The van der Waals surface area contributed by atoms with Crippen LogP contribution in [0.25, 0.3) is 0 Å². The lowest BCUT2D eigenvalue weighted by Gasteiger charge is -2.12. The molecule has 19 heavy (non-hydrogen) atoms. The van der Waals surface area contributed by atoms with Crippen LogP contribution in [0.1, 0.15) is 13.8 Å². The average Bonchev–Trinajstić information content (AvgIpc) is 2.41. The van der Waals surface area contributed by atoms with Crippen LogP contribution in [0, 0.1) is 0 Å². The molecular formula is C10H20N6OS2. The second-order valence-corrected chi connectivity index (χ2v) is 4.09. The minimum Gasteiger partial charge on any atom is -0.372 e. The van der Waals surface area contributed by atoms with E-state index in [1.54, 1.807) is 14.1 Å². The van der Waals surface area contributed by atoms with Crippen molar-refractivity contribution in [2.24, 2.45) is 10.2 Å². The van der Waals surface area contributed by atoms with Crippen LogP contribution in [0.2, 0.25) is 0 Å². The maximum Gasteiger partial charge on any atom is 0.186 e.